The molecule has 134 valence electrons. The molecule has 3 heterocycles. The minimum Gasteiger partial charge on any atom is -0.342 e. The molecule has 0 radical (unpaired) electrons. The van der Waals surface area contributed by atoms with E-state index in [1.165, 1.54) is 12.3 Å². The molecule has 0 spiro atoms. The maximum Gasteiger partial charge on any atom is 0.252 e. The van der Waals surface area contributed by atoms with Crippen LogP contribution in [0.25, 0.3) is 0 Å². The summed E-state index contributed by atoms with van der Waals surface area (Å²) in [6.45, 7) is 1.38. The van der Waals surface area contributed by atoms with Crippen LogP contribution < -0.4 is 10.5 Å². The van der Waals surface area contributed by atoms with Crippen LogP contribution >= 0.6 is 0 Å². The molecular weight excluding hydrogens is 330 g/mol. The van der Waals surface area contributed by atoms with Crippen molar-refractivity contribution in [1.29, 1.82) is 0 Å². The van der Waals surface area contributed by atoms with Crippen LogP contribution in [0.15, 0.2) is 52.5 Å². The summed E-state index contributed by atoms with van der Waals surface area (Å²) in [6.07, 6.45) is 5.54. The predicted molar refractivity (Wildman–Crippen MR) is 98.9 cm³/mol. The van der Waals surface area contributed by atoms with Crippen LogP contribution in [0.1, 0.15) is 30.9 Å². The first-order valence-corrected chi connectivity index (χ1v) is 8.93. The minimum atomic E-state index is -0.162. The molecule has 1 N–H and O–H groups in total. The van der Waals surface area contributed by atoms with Crippen molar-refractivity contribution in [2.24, 2.45) is 11.0 Å². The Bertz CT molecular complexity index is 855. The standard InChI is InChI=1S/C19H21N5O2/c25-17-7-10-20-19(22-17)23-12-8-15(9-13-23)18(26)24-16(6-11-21-24)14-4-2-1-3-5-14/h1-5,7,10-11,15-16H,6,8-9,12-13H2,(H,20,22,25)/t16-/m0/s1. The van der Waals surface area contributed by atoms with Crippen molar-refractivity contribution >= 4 is 18.1 Å². The molecule has 0 saturated carbocycles. The van der Waals surface area contributed by atoms with Gasteiger partial charge in [0, 0.05) is 43.9 Å². The molecule has 0 unspecified atom stereocenters. The monoisotopic (exact) mass is 351 g/mol. The Labute approximate surface area is 151 Å². The summed E-state index contributed by atoms with van der Waals surface area (Å²) in [5.41, 5.74) is 0.951. The largest absolute Gasteiger partial charge is 0.342 e. The second-order valence-electron chi connectivity index (χ2n) is 6.66. The number of hydrogen-bond donors (Lipinski definition) is 1. The third-order valence-electron chi connectivity index (χ3n) is 5.04. The zero-order valence-electron chi connectivity index (χ0n) is 14.4. The molecule has 7 heteroatoms. The summed E-state index contributed by atoms with van der Waals surface area (Å²) in [4.78, 5) is 33.4. The molecule has 4 rings (SSSR count). The van der Waals surface area contributed by atoms with Crippen molar-refractivity contribution in [1.82, 2.24) is 15.0 Å². The Kier molecular flexibility index (Phi) is 4.51. The molecule has 0 bridgehead atoms. The van der Waals surface area contributed by atoms with Crippen LogP contribution in [0, 0.1) is 5.92 Å². The van der Waals surface area contributed by atoms with Gasteiger partial charge in [0.05, 0.1) is 6.04 Å². The number of carbonyl (C=O) groups excluding carboxylic acids is 1. The van der Waals surface area contributed by atoms with E-state index in [2.05, 4.69) is 15.1 Å². The number of aromatic amines is 1. The molecule has 2 aromatic rings. The zero-order valence-corrected chi connectivity index (χ0v) is 14.4. The Morgan fingerprint density at radius 1 is 1.12 bits per heavy atom. The molecule has 1 aromatic heterocycles. The first-order chi connectivity index (χ1) is 12.7. The number of anilines is 1. The minimum absolute atomic E-state index is 0.00567. The fourth-order valence-electron chi connectivity index (χ4n) is 3.62. The third kappa shape index (κ3) is 3.24. The van der Waals surface area contributed by atoms with Crippen LogP contribution in [0.4, 0.5) is 5.95 Å². The van der Waals surface area contributed by atoms with E-state index in [9.17, 15) is 9.59 Å². The quantitative estimate of drug-likeness (QED) is 0.916. The molecule has 1 saturated heterocycles. The van der Waals surface area contributed by atoms with Crippen molar-refractivity contribution < 1.29 is 4.79 Å². The molecular formula is C19H21N5O2. The number of H-pyrrole nitrogens is 1. The topological polar surface area (TPSA) is 81.7 Å². The number of aromatic nitrogens is 2. The Morgan fingerprint density at radius 3 is 2.62 bits per heavy atom. The van der Waals surface area contributed by atoms with E-state index in [0.717, 1.165) is 24.8 Å². The summed E-state index contributed by atoms with van der Waals surface area (Å²) >= 11 is 0. The van der Waals surface area contributed by atoms with Gasteiger partial charge in [0.2, 0.25) is 11.9 Å². The Morgan fingerprint density at radius 2 is 1.88 bits per heavy atom. The predicted octanol–water partition coefficient (Wildman–Crippen LogP) is 1.95. The van der Waals surface area contributed by atoms with Gasteiger partial charge in [-0.25, -0.2) is 9.99 Å². The summed E-state index contributed by atoms with van der Waals surface area (Å²) in [5.74, 6) is 0.606. The number of rotatable bonds is 3. The number of piperidine rings is 1. The lowest BCUT2D eigenvalue weighted by Gasteiger charge is -2.34. The second kappa shape index (κ2) is 7.11. The number of amides is 1. The number of hydrazone groups is 1. The van der Waals surface area contributed by atoms with Gasteiger partial charge in [-0.3, -0.25) is 14.6 Å². The van der Waals surface area contributed by atoms with Crippen LogP contribution in [-0.4, -0.2) is 40.2 Å². The molecule has 1 atom stereocenters. The third-order valence-corrected chi connectivity index (χ3v) is 5.04. The molecule has 1 fully saturated rings. The maximum atomic E-state index is 13.0. The molecule has 7 nitrogen and oxygen atoms in total. The lowest BCUT2D eigenvalue weighted by atomic mass is 9.94. The average molecular weight is 351 g/mol. The highest BCUT2D eigenvalue weighted by Crippen LogP contribution is 2.31. The van der Waals surface area contributed by atoms with Crippen LogP contribution in [0.3, 0.4) is 0 Å². The molecule has 0 aliphatic carbocycles. The van der Waals surface area contributed by atoms with Crippen LogP contribution in [0.5, 0.6) is 0 Å². The molecule has 2 aliphatic rings. The van der Waals surface area contributed by atoms with Crippen molar-refractivity contribution in [3.05, 3.63) is 58.5 Å². The van der Waals surface area contributed by atoms with E-state index in [0.29, 0.717) is 19.0 Å². The highest BCUT2D eigenvalue weighted by molar-refractivity contribution is 5.82. The molecule has 2 aliphatic heterocycles. The number of nitrogens with one attached hydrogen (secondary N) is 1. The van der Waals surface area contributed by atoms with Gasteiger partial charge < -0.3 is 4.90 Å². The van der Waals surface area contributed by atoms with E-state index in [1.807, 2.05) is 41.4 Å². The number of carbonyl (C=O) groups is 1. The van der Waals surface area contributed by atoms with Crippen LogP contribution in [0.2, 0.25) is 0 Å². The first kappa shape index (κ1) is 16.5. The van der Waals surface area contributed by atoms with E-state index in [1.54, 1.807) is 5.01 Å². The molecule has 1 amide bonds. The highest BCUT2D eigenvalue weighted by Gasteiger charge is 2.34. The van der Waals surface area contributed by atoms with E-state index >= 15 is 0 Å². The Balaban J connectivity index is 1.42. The normalized spacial score (nSPS) is 20.5. The van der Waals surface area contributed by atoms with Crippen LogP contribution in [-0.2, 0) is 4.79 Å². The van der Waals surface area contributed by atoms with Gasteiger partial charge in [0.25, 0.3) is 5.56 Å². The second-order valence-corrected chi connectivity index (χ2v) is 6.66. The van der Waals surface area contributed by atoms with Crippen molar-refractivity contribution in [2.45, 2.75) is 25.3 Å². The summed E-state index contributed by atoms with van der Waals surface area (Å²) in [6, 6.07) is 11.4. The SMILES string of the molecule is O=C(C1CCN(c2nccc(=O)[nH]2)CC1)N1N=CC[C@H]1c1ccccc1. The summed E-state index contributed by atoms with van der Waals surface area (Å²) in [7, 11) is 0. The van der Waals surface area contributed by atoms with E-state index < -0.39 is 0 Å². The smallest absolute Gasteiger partial charge is 0.252 e. The van der Waals surface area contributed by atoms with E-state index in [4.69, 9.17) is 0 Å². The number of hydrogen-bond acceptors (Lipinski definition) is 5. The van der Waals surface area contributed by atoms with Crippen molar-refractivity contribution in [2.75, 3.05) is 18.0 Å². The first-order valence-electron chi connectivity index (χ1n) is 8.93. The van der Waals surface area contributed by atoms with Gasteiger partial charge >= 0.3 is 0 Å². The lowest BCUT2D eigenvalue weighted by Crippen LogP contribution is -2.42. The van der Waals surface area contributed by atoms with Gasteiger partial charge in [0.15, 0.2) is 0 Å². The van der Waals surface area contributed by atoms with E-state index in [-0.39, 0.29) is 23.4 Å². The van der Waals surface area contributed by atoms with Gasteiger partial charge in [0.1, 0.15) is 0 Å². The summed E-state index contributed by atoms with van der Waals surface area (Å²) in [5, 5.41) is 5.99. The zero-order chi connectivity index (χ0) is 17.9. The number of benzene rings is 1. The van der Waals surface area contributed by atoms with Gasteiger partial charge in [-0.15, -0.1) is 0 Å². The van der Waals surface area contributed by atoms with Crippen molar-refractivity contribution in [3.63, 3.8) is 0 Å². The van der Waals surface area contributed by atoms with Crippen molar-refractivity contribution in [3.8, 4) is 0 Å². The lowest BCUT2D eigenvalue weighted by molar-refractivity contribution is -0.138. The van der Waals surface area contributed by atoms with Gasteiger partial charge in [-0.05, 0) is 18.4 Å². The average Bonchev–Trinajstić information content (AvgIpc) is 3.18. The summed E-state index contributed by atoms with van der Waals surface area (Å²) < 4.78 is 0. The maximum absolute atomic E-state index is 13.0. The van der Waals surface area contributed by atoms with Gasteiger partial charge in [-0.2, -0.15) is 5.10 Å². The fourth-order valence-corrected chi connectivity index (χ4v) is 3.62. The molecule has 1 aromatic carbocycles. The fraction of sp³-hybridized carbons (Fsp3) is 0.368. The van der Waals surface area contributed by atoms with Gasteiger partial charge in [-0.1, -0.05) is 30.3 Å². The highest BCUT2D eigenvalue weighted by atomic mass is 16.2. The Hall–Kier alpha value is -2.96. The molecule has 26 heavy (non-hydrogen) atoms. The number of nitrogens with zero attached hydrogens (tertiary/aromatic N) is 4.